The van der Waals surface area contributed by atoms with Gasteiger partial charge in [0.05, 0.1) is 6.33 Å². The molecule has 108 valence electrons. The fourth-order valence-corrected chi connectivity index (χ4v) is 1.45. The Bertz CT molecular complexity index is 551. The number of nitrogens with two attached hydrogens (primary N) is 2. The molecule has 5 N–H and O–H groups in total. The number of aryl methyl sites for hydroxylation is 1. The predicted octanol–water partition coefficient (Wildman–Crippen LogP) is -2.16. The van der Waals surface area contributed by atoms with E-state index in [1.54, 1.807) is 11.6 Å². The molecule has 1 aromatic heterocycles. The Morgan fingerprint density at radius 3 is 2.45 bits per heavy atom. The largest absolute Gasteiger partial charge is 0.368 e. The summed E-state index contributed by atoms with van der Waals surface area (Å²) in [6.45, 7) is 0. The average molecular weight is 281 g/mol. The normalized spacial score (nSPS) is 11.7. The van der Waals surface area contributed by atoms with Crippen LogP contribution in [0.2, 0.25) is 0 Å². The molecule has 0 spiro atoms. The Morgan fingerprint density at radius 2 is 2.00 bits per heavy atom. The molecule has 9 heteroatoms. The second-order valence-corrected chi connectivity index (χ2v) is 4.18. The van der Waals surface area contributed by atoms with Crippen LogP contribution in [0.15, 0.2) is 12.5 Å². The molecule has 1 atom stereocenters. The lowest BCUT2D eigenvalue weighted by Gasteiger charge is -2.13. The number of primary amides is 2. The van der Waals surface area contributed by atoms with Gasteiger partial charge in [-0.25, -0.2) is 4.98 Å². The number of hydrogen-bond acceptors (Lipinski definition) is 5. The van der Waals surface area contributed by atoms with Crippen LogP contribution in [0.25, 0.3) is 0 Å². The van der Waals surface area contributed by atoms with Gasteiger partial charge in [-0.3, -0.25) is 19.2 Å². The minimum Gasteiger partial charge on any atom is -0.368 e. The summed E-state index contributed by atoms with van der Waals surface area (Å²) in [5.74, 6) is -3.33. The van der Waals surface area contributed by atoms with Crippen LogP contribution in [-0.2, 0) is 21.4 Å². The molecule has 0 fully saturated rings. The third-order valence-corrected chi connectivity index (χ3v) is 2.52. The first-order valence-corrected chi connectivity index (χ1v) is 5.72. The van der Waals surface area contributed by atoms with Gasteiger partial charge in [0.15, 0.2) is 0 Å². The van der Waals surface area contributed by atoms with Gasteiger partial charge in [-0.05, 0) is 6.42 Å². The van der Waals surface area contributed by atoms with E-state index in [1.807, 2.05) is 0 Å². The van der Waals surface area contributed by atoms with Crippen LogP contribution < -0.4 is 16.8 Å². The Balaban J connectivity index is 2.63. The summed E-state index contributed by atoms with van der Waals surface area (Å²) < 4.78 is 1.56. The maximum Gasteiger partial charge on any atom is 0.284 e. The number of imidazole rings is 1. The summed E-state index contributed by atoms with van der Waals surface area (Å²) in [6, 6.07) is -1.08. The van der Waals surface area contributed by atoms with Crippen molar-refractivity contribution in [3.63, 3.8) is 0 Å². The van der Waals surface area contributed by atoms with Crippen LogP contribution in [-0.4, -0.2) is 39.1 Å². The molecule has 0 aliphatic rings. The van der Waals surface area contributed by atoms with Crippen molar-refractivity contribution in [2.75, 3.05) is 0 Å². The van der Waals surface area contributed by atoms with Crippen molar-refractivity contribution in [2.45, 2.75) is 18.9 Å². The van der Waals surface area contributed by atoms with Gasteiger partial charge in [0.1, 0.15) is 11.7 Å². The number of nitrogens with one attached hydrogen (secondary N) is 1. The minimum atomic E-state index is -1.09. The van der Waals surface area contributed by atoms with E-state index in [0.29, 0.717) is 0 Å². The average Bonchev–Trinajstić information content (AvgIpc) is 2.79. The number of amides is 3. The lowest BCUT2D eigenvalue weighted by Crippen LogP contribution is -2.45. The zero-order valence-corrected chi connectivity index (χ0v) is 10.8. The van der Waals surface area contributed by atoms with Gasteiger partial charge in [0.2, 0.25) is 11.7 Å². The van der Waals surface area contributed by atoms with E-state index in [4.69, 9.17) is 11.5 Å². The molecular weight excluding hydrogens is 266 g/mol. The Labute approximate surface area is 114 Å². The lowest BCUT2D eigenvalue weighted by molar-refractivity contribution is -0.136. The SMILES string of the molecule is Cn1cnc(C(=O)NC(CCC(=O)C(N)=O)C(N)=O)c1. The first kappa shape index (κ1) is 15.3. The second-order valence-electron chi connectivity index (χ2n) is 4.18. The van der Waals surface area contributed by atoms with Crippen LogP contribution in [0.4, 0.5) is 0 Å². The van der Waals surface area contributed by atoms with Crippen LogP contribution in [0.3, 0.4) is 0 Å². The fourth-order valence-electron chi connectivity index (χ4n) is 1.45. The molecule has 3 amide bonds. The zero-order chi connectivity index (χ0) is 15.3. The first-order valence-electron chi connectivity index (χ1n) is 5.72. The number of hydrogen-bond donors (Lipinski definition) is 3. The number of rotatable bonds is 7. The molecule has 1 unspecified atom stereocenters. The van der Waals surface area contributed by atoms with E-state index in [2.05, 4.69) is 10.3 Å². The Kier molecular flexibility index (Phi) is 4.95. The minimum absolute atomic E-state index is 0.102. The predicted molar refractivity (Wildman–Crippen MR) is 67.1 cm³/mol. The maximum atomic E-state index is 11.8. The van der Waals surface area contributed by atoms with Gasteiger partial charge < -0.3 is 21.4 Å². The third kappa shape index (κ3) is 4.19. The van der Waals surface area contributed by atoms with Gasteiger partial charge >= 0.3 is 0 Å². The summed E-state index contributed by atoms with van der Waals surface area (Å²) in [7, 11) is 1.68. The maximum absolute atomic E-state index is 11.8. The second kappa shape index (κ2) is 6.45. The van der Waals surface area contributed by atoms with Gasteiger partial charge in [-0.15, -0.1) is 0 Å². The van der Waals surface area contributed by atoms with E-state index in [9.17, 15) is 19.2 Å². The van der Waals surface area contributed by atoms with Crippen molar-refractivity contribution < 1.29 is 19.2 Å². The van der Waals surface area contributed by atoms with E-state index >= 15 is 0 Å². The van der Waals surface area contributed by atoms with Crippen LogP contribution >= 0.6 is 0 Å². The molecule has 0 saturated carbocycles. The monoisotopic (exact) mass is 281 g/mol. The molecule has 0 bridgehead atoms. The van der Waals surface area contributed by atoms with E-state index < -0.39 is 29.5 Å². The van der Waals surface area contributed by atoms with Crippen LogP contribution in [0.5, 0.6) is 0 Å². The molecule has 0 aliphatic carbocycles. The van der Waals surface area contributed by atoms with Crippen LogP contribution in [0, 0.1) is 0 Å². The number of ketones is 1. The molecule has 1 heterocycles. The van der Waals surface area contributed by atoms with Crippen molar-refractivity contribution in [3.8, 4) is 0 Å². The number of nitrogens with zero attached hydrogens (tertiary/aromatic N) is 2. The smallest absolute Gasteiger partial charge is 0.284 e. The molecule has 0 aromatic carbocycles. The fraction of sp³-hybridized carbons (Fsp3) is 0.364. The van der Waals surface area contributed by atoms with E-state index in [0.717, 1.165) is 0 Å². The Morgan fingerprint density at radius 1 is 1.35 bits per heavy atom. The summed E-state index contributed by atoms with van der Waals surface area (Å²) in [6.07, 6.45) is 2.51. The van der Waals surface area contributed by atoms with Gasteiger partial charge in [0.25, 0.3) is 11.8 Å². The summed E-state index contributed by atoms with van der Waals surface area (Å²) in [5, 5.41) is 2.35. The molecular formula is C11H15N5O4. The number of Topliss-reactive ketones (excluding diaryl/α,β-unsaturated/α-hetero) is 1. The van der Waals surface area contributed by atoms with Crippen molar-refractivity contribution in [1.82, 2.24) is 14.9 Å². The van der Waals surface area contributed by atoms with Crippen molar-refractivity contribution in [2.24, 2.45) is 18.5 Å². The summed E-state index contributed by atoms with van der Waals surface area (Å²) in [5.41, 5.74) is 10.0. The van der Waals surface area contributed by atoms with E-state index in [1.165, 1.54) is 12.5 Å². The molecule has 0 saturated heterocycles. The summed E-state index contributed by atoms with van der Waals surface area (Å²) in [4.78, 5) is 48.5. The molecule has 9 nitrogen and oxygen atoms in total. The highest BCUT2D eigenvalue weighted by Crippen LogP contribution is 2.01. The molecule has 1 aromatic rings. The number of aromatic nitrogens is 2. The molecule has 1 rings (SSSR count). The molecule has 20 heavy (non-hydrogen) atoms. The highest BCUT2D eigenvalue weighted by molar-refractivity contribution is 6.35. The van der Waals surface area contributed by atoms with Crippen LogP contribution in [0.1, 0.15) is 23.3 Å². The van der Waals surface area contributed by atoms with Gasteiger partial charge in [-0.1, -0.05) is 0 Å². The van der Waals surface area contributed by atoms with E-state index in [-0.39, 0.29) is 18.5 Å². The molecule has 0 radical (unpaired) electrons. The van der Waals surface area contributed by atoms with Crippen molar-refractivity contribution >= 4 is 23.5 Å². The van der Waals surface area contributed by atoms with Gasteiger partial charge in [0, 0.05) is 19.7 Å². The molecule has 0 aliphatic heterocycles. The number of carbonyl (C=O) groups excluding carboxylic acids is 4. The number of carbonyl (C=O) groups is 4. The Hall–Kier alpha value is -2.71. The highest BCUT2D eigenvalue weighted by Gasteiger charge is 2.22. The first-order chi connectivity index (χ1) is 9.31. The third-order valence-electron chi connectivity index (χ3n) is 2.52. The quantitative estimate of drug-likeness (QED) is 0.486. The van der Waals surface area contributed by atoms with Crippen molar-refractivity contribution in [3.05, 3.63) is 18.2 Å². The summed E-state index contributed by atoms with van der Waals surface area (Å²) >= 11 is 0. The van der Waals surface area contributed by atoms with Gasteiger partial charge in [-0.2, -0.15) is 0 Å². The zero-order valence-electron chi connectivity index (χ0n) is 10.8. The highest BCUT2D eigenvalue weighted by atomic mass is 16.2. The topological polar surface area (TPSA) is 150 Å². The lowest BCUT2D eigenvalue weighted by atomic mass is 10.1. The van der Waals surface area contributed by atoms with Crippen molar-refractivity contribution in [1.29, 1.82) is 0 Å². The standard InChI is InChI=1S/C11H15N5O4/c1-16-4-7(14-5-16)11(20)15-6(9(12)18)2-3-8(17)10(13)19/h4-6H,2-3H2,1H3,(H2,12,18)(H2,13,19)(H,15,20).